The van der Waals surface area contributed by atoms with Crippen LogP contribution in [0.1, 0.15) is 5.76 Å². The van der Waals surface area contributed by atoms with E-state index < -0.39 is 24.6 Å². The number of para-hydroxylation sites is 2. The number of anilines is 1. The van der Waals surface area contributed by atoms with Crippen molar-refractivity contribution in [3.8, 4) is 11.5 Å². The van der Waals surface area contributed by atoms with Crippen LogP contribution in [0.3, 0.4) is 0 Å². The van der Waals surface area contributed by atoms with Gasteiger partial charge in [-0.1, -0.05) is 17.3 Å². The molecule has 1 atom stereocenters. The Morgan fingerprint density at radius 2 is 2.13 bits per heavy atom. The lowest BCUT2D eigenvalue weighted by Gasteiger charge is -2.24. The van der Waals surface area contributed by atoms with Crippen LogP contribution in [0, 0.1) is 6.92 Å². The summed E-state index contributed by atoms with van der Waals surface area (Å²) < 4.78 is 20.6. The lowest BCUT2D eigenvalue weighted by atomic mass is 10.2. The third kappa shape index (κ3) is 3.60. The van der Waals surface area contributed by atoms with Crippen LogP contribution in [0.15, 0.2) is 34.9 Å². The highest BCUT2D eigenvalue weighted by Gasteiger charge is 2.29. The van der Waals surface area contributed by atoms with Gasteiger partial charge in [-0.2, -0.15) is 0 Å². The molecule has 1 aromatic heterocycles. The van der Waals surface area contributed by atoms with Gasteiger partial charge in [-0.3, -0.25) is 4.79 Å². The van der Waals surface area contributed by atoms with Gasteiger partial charge in [0.2, 0.25) is 6.10 Å². The topological polar surface area (TPSA) is 99.9 Å². The van der Waals surface area contributed by atoms with E-state index >= 15 is 0 Å². The Bertz CT molecular complexity index is 726. The number of hydrogen-bond acceptors (Lipinski definition) is 7. The monoisotopic (exact) mass is 318 g/mol. The molecule has 0 saturated carbocycles. The SMILES string of the molecule is Cc1cc(NC(=O)COC(=O)[C@H]2COc3ccccc3O2)no1. The van der Waals surface area contributed by atoms with E-state index in [1.165, 1.54) is 0 Å². The third-order valence-electron chi connectivity index (χ3n) is 3.01. The van der Waals surface area contributed by atoms with Gasteiger partial charge in [0.15, 0.2) is 23.9 Å². The fourth-order valence-corrected chi connectivity index (χ4v) is 1.97. The number of ether oxygens (including phenoxy) is 3. The first-order chi connectivity index (χ1) is 11.1. The van der Waals surface area contributed by atoms with Crippen LogP contribution in [0.5, 0.6) is 11.5 Å². The van der Waals surface area contributed by atoms with E-state index in [-0.39, 0.29) is 12.4 Å². The number of carbonyl (C=O) groups is 2. The van der Waals surface area contributed by atoms with Crippen molar-refractivity contribution < 1.29 is 28.3 Å². The first-order valence-electron chi connectivity index (χ1n) is 6.90. The number of hydrogen-bond donors (Lipinski definition) is 1. The van der Waals surface area contributed by atoms with E-state index in [4.69, 9.17) is 18.7 Å². The van der Waals surface area contributed by atoms with E-state index in [9.17, 15) is 9.59 Å². The number of nitrogens with one attached hydrogen (secondary N) is 1. The summed E-state index contributed by atoms with van der Waals surface area (Å²) in [5.41, 5.74) is 0. The van der Waals surface area contributed by atoms with Gasteiger partial charge < -0.3 is 24.1 Å². The maximum atomic E-state index is 11.9. The molecule has 0 fully saturated rings. The third-order valence-corrected chi connectivity index (χ3v) is 3.01. The van der Waals surface area contributed by atoms with Crippen molar-refractivity contribution in [3.05, 3.63) is 36.1 Å². The van der Waals surface area contributed by atoms with Gasteiger partial charge in [0.05, 0.1) is 0 Å². The molecular formula is C15H14N2O6. The largest absolute Gasteiger partial charge is 0.485 e. The Morgan fingerprint density at radius 3 is 2.87 bits per heavy atom. The highest BCUT2D eigenvalue weighted by atomic mass is 16.6. The maximum Gasteiger partial charge on any atom is 0.351 e. The van der Waals surface area contributed by atoms with Crippen LogP contribution in [-0.2, 0) is 14.3 Å². The molecule has 0 radical (unpaired) electrons. The molecule has 120 valence electrons. The molecule has 0 saturated heterocycles. The van der Waals surface area contributed by atoms with E-state index in [2.05, 4.69) is 10.5 Å². The van der Waals surface area contributed by atoms with Crippen molar-refractivity contribution in [2.75, 3.05) is 18.5 Å². The predicted molar refractivity (Wildman–Crippen MR) is 77.2 cm³/mol. The molecule has 0 unspecified atom stereocenters. The summed E-state index contributed by atoms with van der Waals surface area (Å²) in [4.78, 5) is 23.6. The van der Waals surface area contributed by atoms with Crippen molar-refractivity contribution in [3.63, 3.8) is 0 Å². The van der Waals surface area contributed by atoms with E-state index in [1.54, 1.807) is 37.3 Å². The second kappa shape index (κ2) is 6.39. The first-order valence-corrected chi connectivity index (χ1v) is 6.90. The Balaban J connectivity index is 1.49. The number of amides is 1. The second-order valence-corrected chi connectivity index (χ2v) is 4.84. The van der Waals surface area contributed by atoms with Crippen molar-refractivity contribution in [2.45, 2.75) is 13.0 Å². The lowest BCUT2D eigenvalue weighted by Crippen LogP contribution is -2.39. The quantitative estimate of drug-likeness (QED) is 0.848. The van der Waals surface area contributed by atoms with Gasteiger partial charge in [-0.25, -0.2) is 4.79 Å². The summed E-state index contributed by atoms with van der Waals surface area (Å²) in [6, 6.07) is 8.55. The zero-order chi connectivity index (χ0) is 16.2. The smallest absolute Gasteiger partial charge is 0.351 e. The van der Waals surface area contributed by atoms with E-state index in [0.29, 0.717) is 17.3 Å². The summed E-state index contributed by atoms with van der Waals surface area (Å²) >= 11 is 0. The number of carbonyl (C=O) groups excluding carboxylic acids is 2. The van der Waals surface area contributed by atoms with Crippen LogP contribution in [0.25, 0.3) is 0 Å². The van der Waals surface area contributed by atoms with Crippen molar-refractivity contribution in [1.82, 2.24) is 5.16 Å². The Kier molecular flexibility index (Phi) is 4.13. The molecule has 8 nitrogen and oxygen atoms in total. The maximum absolute atomic E-state index is 11.9. The summed E-state index contributed by atoms with van der Waals surface area (Å²) in [6.07, 6.45) is -0.910. The second-order valence-electron chi connectivity index (χ2n) is 4.84. The Labute approximate surface area is 131 Å². The molecular weight excluding hydrogens is 304 g/mol. The molecule has 0 bridgehead atoms. The average molecular weight is 318 g/mol. The van der Waals surface area contributed by atoms with E-state index in [0.717, 1.165) is 0 Å². The van der Waals surface area contributed by atoms with Crippen molar-refractivity contribution in [2.24, 2.45) is 0 Å². The molecule has 8 heteroatoms. The van der Waals surface area contributed by atoms with Crippen LogP contribution >= 0.6 is 0 Å². The van der Waals surface area contributed by atoms with Crippen molar-refractivity contribution in [1.29, 1.82) is 0 Å². The van der Waals surface area contributed by atoms with Gasteiger partial charge >= 0.3 is 5.97 Å². The Hall–Kier alpha value is -3.03. The summed E-state index contributed by atoms with van der Waals surface area (Å²) in [5, 5.41) is 6.05. The lowest BCUT2D eigenvalue weighted by molar-refractivity contribution is -0.156. The standard InChI is InChI=1S/C15H14N2O6/c1-9-6-13(17-23-9)16-14(18)8-21-15(19)12-7-20-10-4-2-3-5-11(10)22-12/h2-6,12H,7-8H2,1H3,(H,16,17,18)/t12-/m1/s1. The molecule has 3 rings (SSSR count). The fraction of sp³-hybridized carbons (Fsp3) is 0.267. The normalized spacial score (nSPS) is 15.8. The Morgan fingerprint density at radius 1 is 1.35 bits per heavy atom. The highest BCUT2D eigenvalue weighted by Crippen LogP contribution is 2.31. The summed E-state index contributed by atoms with van der Waals surface area (Å²) in [7, 11) is 0. The highest BCUT2D eigenvalue weighted by molar-refractivity contribution is 5.92. The molecule has 1 N–H and O–H groups in total. The van der Waals surface area contributed by atoms with Crippen LogP contribution in [-0.4, -0.2) is 36.4 Å². The molecule has 0 aliphatic carbocycles. The molecule has 23 heavy (non-hydrogen) atoms. The minimum Gasteiger partial charge on any atom is -0.485 e. The summed E-state index contributed by atoms with van der Waals surface area (Å²) in [5.74, 6) is 0.645. The number of fused-ring (bicyclic) bond motifs is 1. The zero-order valence-corrected chi connectivity index (χ0v) is 12.3. The molecule has 1 aliphatic rings. The van der Waals surface area contributed by atoms with Gasteiger partial charge in [0.25, 0.3) is 5.91 Å². The number of nitrogens with zero attached hydrogens (tertiary/aromatic N) is 1. The molecule has 2 aromatic rings. The van der Waals surface area contributed by atoms with Crippen LogP contribution in [0.4, 0.5) is 5.82 Å². The fourth-order valence-electron chi connectivity index (χ4n) is 1.97. The number of benzene rings is 1. The van der Waals surface area contributed by atoms with Gasteiger partial charge in [0.1, 0.15) is 12.4 Å². The summed E-state index contributed by atoms with van der Waals surface area (Å²) in [6.45, 7) is 1.27. The van der Waals surface area contributed by atoms with Gasteiger partial charge in [-0.15, -0.1) is 0 Å². The number of aromatic nitrogens is 1. The molecule has 0 spiro atoms. The average Bonchev–Trinajstić information content (AvgIpc) is 2.97. The van der Waals surface area contributed by atoms with E-state index in [1.807, 2.05) is 0 Å². The molecule has 2 heterocycles. The van der Waals surface area contributed by atoms with Gasteiger partial charge in [-0.05, 0) is 19.1 Å². The number of aryl methyl sites for hydroxylation is 1. The van der Waals surface area contributed by atoms with Gasteiger partial charge in [0, 0.05) is 6.07 Å². The van der Waals surface area contributed by atoms with Crippen LogP contribution in [0.2, 0.25) is 0 Å². The number of rotatable bonds is 4. The predicted octanol–water partition coefficient (Wildman–Crippen LogP) is 1.30. The molecule has 1 aromatic carbocycles. The zero-order valence-electron chi connectivity index (χ0n) is 12.3. The minimum absolute atomic E-state index is 0.0277. The minimum atomic E-state index is -0.910. The van der Waals surface area contributed by atoms with Crippen LogP contribution < -0.4 is 14.8 Å². The first kappa shape index (κ1) is 14.9. The number of esters is 1. The molecule has 1 aliphatic heterocycles. The molecule has 1 amide bonds. The van der Waals surface area contributed by atoms with Crippen molar-refractivity contribution >= 4 is 17.7 Å².